The maximum Gasteiger partial charge on any atom is 0.236 e. The van der Waals surface area contributed by atoms with Crippen LogP contribution in [0.4, 0.5) is 5.69 Å². The molecule has 0 aromatic heterocycles. The molecule has 0 fully saturated rings. The Kier molecular flexibility index (Phi) is 7.39. The minimum Gasteiger partial charge on any atom is -0.497 e. The van der Waals surface area contributed by atoms with Crippen LogP contribution in [0.25, 0.3) is 0 Å². The molecule has 0 bridgehead atoms. The number of rotatable bonds is 8. The van der Waals surface area contributed by atoms with E-state index < -0.39 is 0 Å². The van der Waals surface area contributed by atoms with Gasteiger partial charge in [-0.3, -0.25) is 9.59 Å². The van der Waals surface area contributed by atoms with Gasteiger partial charge in [0.25, 0.3) is 0 Å². The third kappa shape index (κ3) is 6.13. The molecule has 122 valence electrons. The number of carbonyl (C=O) groups excluding carboxylic acids is 2. The van der Waals surface area contributed by atoms with Crippen LogP contribution >= 0.6 is 0 Å². The zero-order valence-corrected chi connectivity index (χ0v) is 13.6. The summed E-state index contributed by atoms with van der Waals surface area (Å²) in [6, 6.07) is 6.71. The first-order valence-electron chi connectivity index (χ1n) is 7.44. The lowest BCUT2D eigenvalue weighted by Crippen LogP contribution is -2.46. The number of carbonyl (C=O) groups is 2. The number of ether oxygens (including phenoxy) is 1. The second-order valence-corrected chi connectivity index (χ2v) is 5.16. The fourth-order valence-corrected chi connectivity index (χ4v) is 2.05. The van der Waals surface area contributed by atoms with Crippen LogP contribution < -0.4 is 20.7 Å². The highest BCUT2D eigenvalue weighted by Crippen LogP contribution is 2.15. The molecule has 6 nitrogen and oxygen atoms in total. The molecule has 0 heterocycles. The smallest absolute Gasteiger partial charge is 0.236 e. The van der Waals surface area contributed by atoms with E-state index in [2.05, 4.69) is 16.0 Å². The molecule has 0 saturated carbocycles. The van der Waals surface area contributed by atoms with Crippen LogP contribution in [-0.4, -0.2) is 37.6 Å². The second-order valence-electron chi connectivity index (χ2n) is 5.16. The SMILES string of the molecule is CCNC(=O)C(C)NC(C)CC(=O)Nc1ccc(OC)cc1. The van der Waals surface area contributed by atoms with Crippen molar-refractivity contribution >= 4 is 17.5 Å². The van der Waals surface area contributed by atoms with E-state index in [0.29, 0.717) is 6.54 Å². The average molecular weight is 307 g/mol. The summed E-state index contributed by atoms with van der Waals surface area (Å²) in [5.41, 5.74) is 0.717. The van der Waals surface area contributed by atoms with Gasteiger partial charge in [-0.1, -0.05) is 0 Å². The van der Waals surface area contributed by atoms with E-state index in [-0.39, 0.29) is 30.3 Å². The van der Waals surface area contributed by atoms with Crippen LogP contribution in [0.2, 0.25) is 0 Å². The minimum absolute atomic E-state index is 0.0649. The molecule has 3 N–H and O–H groups in total. The molecule has 0 spiro atoms. The zero-order chi connectivity index (χ0) is 16.5. The highest BCUT2D eigenvalue weighted by molar-refractivity contribution is 5.91. The molecule has 2 unspecified atom stereocenters. The molecule has 2 atom stereocenters. The number of benzene rings is 1. The number of nitrogens with one attached hydrogen (secondary N) is 3. The predicted octanol–water partition coefficient (Wildman–Crippen LogP) is 1.53. The van der Waals surface area contributed by atoms with E-state index in [1.165, 1.54) is 0 Å². The first kappa shape index (κ1) is 18.0. The predicted molar refractivity (Wildman–Crippen MR) is 87.0 cm³/mol. The number of anilines is 1. The Hall–Kier alpha value is -2.08. The normalized spacial score (nSPS) is 13.1. The van der Waals surface area contributed by atoms with Gasteiger partial charge in [0.15, 0.2) is 0 Å². The zero-order valence-electron chi connectivity index (χ0n) is 13.6. The molecule has 0 saturated heterocycles. The first-order chi connectivity index (χ1) is 10.5. The van der Waals surface area contributed by atoms with Gasteiger partial charge >= 0.3 is 0 Å². The van der Waals surface area contributed by atoms with Crippen LogP contribution in [0.15, 0.2) is 24.3 Å². The largest absolute Gasteiger partial charge is 0.497 e. The van der Waals surface area contributed by atoms with Crippen molar-refractivity contribution in [3.05, 3.63) is 24.3 Å². The third-order valence-electron chi connectivity index (χ3n) is 3.14. The fourth-order valence-electron chi connectivity index (χ4n) is 2.05. The molecule has 0 aliphatic carbocycles. The van der Waals surface area contributed by atoms with E-state index >= 15 is 0 Å². The summed E-state index contributed by atoms with van der Waals surface area (Å²) >= 11 is 0. The lowest BCUT2D eigenvalue weighted by molar-refractivity contribution is -0.123. The Morgan fingerprint density at radius 2 is 1.82 bits per heavy atom. The summed E-state index contributed by atoms with van der Waals surface area (Å²) < 4.78 is 5.06. The van der Waals surface area contributed by atoms with Crippen LogP contribution in [-0.2, 0) is 9.59 Å². The van der Waals surface area contributed by atoms with E-state index in [9.17, 15) is 9.59 Å². The van der Waals surface area contributed by atoms with Gasteiger partial charge < -0.3 is 20.7 Å². The van der Waals surface area contributed by atoms with Gasteiger partial charge in [-0.05, 0) is 45.0 Å². The third-order valence-corrected chi connectivity index (χ3v) is 3.14. The summed E-state index contributed by atoms with van der Waals surface area (Å²) in [5.74, 6) is 0.571. The monoisotopic (exact) mass is 307 g/mol. The topological polar surface area (TPSA) is 79.5 Å². The Bertz CT molecular complexity index is 488. The maximum absolute atomic E-state index is 12.0. The van der Waals surface area contributed by atoms with Crippen LogP contribution in [0.3, 0.4) is 0 Å². The molecular formula is C16H25N3O3. The Morgan fingerprint density at radius 1 is 1.18 bits per heavy atom. The minimum atomic E-state index is -0.330. The van der Waals surface area contributed by atoms with Crippen molar-refractivity contribution < 1.29 is 14.3 Å². The molecule has 22 heavy (non-hydrogen) atoms. The van der Waals surface area contributed by atoms with E-state index in [0.717, 1.165) is 11.4 Å². The van der Waals surface area contributed by atoms with Crippen LogP contribution in [0.1, 0.15) is 27.2 Å². The first-order valence-corrected chi connectivity index (χ1v) is 7.44. The number of hydrogen-bond acceptors (Lipinski definition) is 4. The average Bonchev–Trinajstić information content (AvgIpc) is 2.47. The lowest BCUT2D eigenvalue weighted by atomic mass is 10.2. The summed E-state index contributed by atoms with van der Waals surface area (Å²) in [6.07, 6.45) is 0.287. The van der Waals surface area contributed by atoms with Gasteiger partial charge in [0.1, 0.15) is 5.75 Å². The molecule has 1 aromatic rings. The van der Waals surface area contributed by atoms with Gasteiger partial charge in [-0.2, -0.15) is 0 Å². The summed E-state index contributed by atoms with van der Waals surface area (Å²) in [4.78, 5) is 23.6. The van der Waals surface area contributed by atoms with Crippen molar-refractivity contribution in [2.45, 2.75) is 39.3 Å². The molecule has 0 radical (unpaired) electrons. The summed E-state index contributed by atoms with van der Waals surface area (Å²) in [5, 5.41) is 8.66. The molecule has 1 aromatic carbocycles. The summed E-state index contributed by atoms with van der Waals surface area (Å²) in [6.45, 7) is 6.12. The number of hydrogen-bond donors (Lipinski definition) is 3. The van der Waals surface area contributed by atoms with Gasteiger partial charge in [0, 0.05) is 24.7 Å². The van der Waals surface area contributed by atoms with Crippen LogP contribution in [0, 0.1) is 0 Å². The molecule has 6 heteroatoms. The Morgan fingerprint density at radius 3 is 2.36 bits per heavy atom. The fraction of sp³-hybridized carbons (Fsp3) is 0.500. The molecule has 1 rings (SSSR count). The van der Waals surface area contributed by atoms with Crippen molar-refractivity contribution in [3.63, 3.8) is 0 Å². The molecular weight excluding hydrogens is 282 g/mol. The van der Waals surface area contributed by atoms with E-state index in [1.54, 1.807) is 38.3 Å². The molecule has 2 amide bonds. The Labute approximate surface area is 131 Å². The number of likely N-dealkylation sites (N-methyl/N-ethyl adjacent to an activating group) is 1. The quantitative estimate of drug-likeness (QED) is 0.680. The van der Waals surface area contributed by atoms with Crippen molar-refractivity contribution in [2.24, 2.45) is 0 Å². The second kappa shape index (κ2) is 9.04. The Balaban J connectivity index is 2.41. The number of methoxy groups -OCH3 is 1. The van der Waals surface area contributed by atoms with E-state index in [1.807, 2.05) is 13.8 Å². The lowest BCUT2D eigenvalue weighted by Gasteiger charge is -2.19. The highest BCUT2D eigenvalue weighted by atomic mass is 16.5. The summed E-state index contributed by atoms with van der Waals surface area (Å²) in [7, 11) is 1.59. The molecule has 0 aliphatic rings. The van der Waals surface area contributed by atoms with Crippen molar-refractivity contribution in [2.75, 3.05) is 19.0 Å². The van der Waals surface area contributed by atoms with Gasteiger partial charge in [0.05, 0.1) is 13.2 Å². The van der Waals surface area contributed by atoms with Crippen molar-refractivity contribution in [1.82, 2.24) is 10.6 Å². The van der Waals surface area contributed by atoms with E-state index in [4.69, 9.17) is 4.74 Å². The van der Waals surface area contributed by atoms with Crippen molar-refractivity contribution in [1.29, 1.82) is 0 Å². The van der Waals surface area contributed by atoms with Gasteiger partial charge in [0.2, 0.25) is 11.8 Å². The van der Waals surface area contributed by atoms with Gasteiger partial charge in [-0.15, -0.1) is 0 Å². The van der Waals surface area contributed by atoms with Crippen LogP contribution in [0.5, 0.6) is 5.75 Å². The van der Waals surface area contributed by atoms with Crippen molar-refractivity contribution in [3.8, 4) is 5.75 Å². The van der Waals surface area contributed by atoms with Gasteiger partial charge in [-0.25, -0.2) is 0 Å². The maximum atomic E-state index is 12.0. The highest BCUT2D eigenvalue weighted by Gasteiger charge is 2.16. The standard InChI is InChI=1S/C16H25N3O3/c1-5-17-16(21)12(3)18-11(2)10-15(20)19-13-6-8-14(22-4)9-7-13/h6-9,11-12,18H,5,10H2,1-4H3,(H,17,21)(H,19,20). The molecule has 0 aliphatic heterocycles. The number of amides is 2.